The van der Waals surface area contributed by atoms with E-state index in [1.165, 1.54) is 12.2 Å². The molecule has 8 aromatic carbocycles. The van der Waals surface area contributed by atoms with Crippen LogP contribution in [0.4, 0.5) is 0 Å². The van der Waals surface area contributed by atoms with Crippen molar-refractivity contribution in [3.8, 4) is 22.6 Å². The summed E-state index contributed by atoms with van der Waals surface area (Å²) in [4.78, 5) is 24.9. The third-order valence-electron chi connectivity index (χ3n) is 9.70. The van der Waals surface area contributed by atoms with Crippen LogP contribution in [0.25, 0.3) is 69.1 Å². The maximum Gasteiger partial charge on any atom is 0.336 e. The summed E-state index contributed by atoms with van der Waals surface area (Å²) in [6.45, 7) is 0. The SMILES string of the molecule is O=C(/C=C/c1ccccc1)Oc1ccc(/C=C/c2ccc3ccccc3c2-c2c(/C=C/c3ccc(OC(=O)/C=C/c4ccccc4)cc3)ccc3ccccc23)cc1. The molecule has 0 radical (unpaired) electrons. The van der Waals surface area contributed by atoms with Crippen molar-refractivity contribution >= 4 is 69.9 Å². The molecule has 0 aromatic heterocycles. The highest BCUT2D eigenvalue weighted by molar-refractivity contribution is 6.11. The van der Waals surface area contributed by atoms with E-state index in [1.807, 2.05) is 109 Å². The van der Waals surface area contributed by atoms with Crippen LogP contribution >= 0.6 is 0 Å². The zero-order chi connectivity index (χ0) is 39.5. The summed E-state index contributed by atoms with van der Waals surface area (Å²) in [6.07, 6.45) is 14.8. The Kier molecular flexibility index (Phi) is 11.4. The summed E-state index contributed by atoms with van der Waals surface area (Å²) in [7, 11) is 0. The van der Waals surface area contributed by atoms with E-state index in [4.69, 9.17) is 9.47 Å². The first-order valence-corrected chi connectivity index (χ1v) is 19.1. The minimum Gasteiger partial charge on any atom is -0.423 e. The number of hydrogen-bond donors (Lipinski definition) is 0. The van der Waals surface area contributed by atoms with Crippen LogP contribution < -0.4 is 9.47 Å². The van der Waals surface area contributed by atoms with Gasteiger partial charge in [-0.2, -0.15) is 0 Å². The number of carbonyl (C=O) groups is 2. The van der Waals surface area contributed by atoms with Gasteiger partial charge in [-0.15, -0.1) is 0 Å². The zero-order valence-corrected chi connectivity index (χ0v) is 31.6. The van der Waals surface area contributed by atoms with Gasteiger partial charge in [-0.25, -0.2) is 9.59 Å². The minimum atomic E-state index is -0.432. The van der Waals surface area contributed by atoms with Gasteiger partial charge in [0, 0.05) is 12.2 Å². The van der Waals surface area contributed by atoms with Crippen LogP contribution in [0.2, 0.25) is 0 Å². The lowest BCUT2D eigenvalue weighted by Gasteiger charge is -2.17. The van der Waals surface area contributed by atoms with Crippen LogP contribution in [0.1, 0.15) is 33.4 Å². The molecule has 0 bridgehead atoms. The monoisotopic (exact) mass is 750 g/mol. The zero-order valence-electron chi connectivity index (χ0n) is 31.6. The molecule has 0 aliphatic rings. The molecular weight excluding hydrogens is 713 g/mol. The van der Waals surface area contributed by atoms with Crippen molar-refractivity contribution in [1.82, 2.24) is 0 Å². The highest BCUT2D eigenvalue weighted by atomic mass is 16.5. The highest BCUT2D eigenvalue weighted by Crippen LogP contribution is 2.40. The molecule has 0 aliphatic carbocycles. The molecule has 4 heteroatoms. The number of hydrogen-bond acceptors (Lipinski definition) is 4. The van der Waals surface area contributed by atoms with Gasteiger partial charge in [0.2, 0.25) is 0 Å². The number of benzene rings is 8. The van der Waals surface area contributed by atoms with Crippen molar-refractivity contribution in [1.29, 1.82) is 0 Å². The number of esters is 2. The Hall–Kier alpha value is -7.82. The Morgan fingerprint density at radius 2 is 0.690 bits per heavy atom. The fourth-order valence-electron chi connectivity index (χ4n) is 6.84. The molecule has 8 rings (SSSR count). The normalized spacial score (nSPS) is 11.7. The first-order valence-electron chi connectivity index (χ1n) is 19.1. The van der Waals surface area contributed by atoms with Crippen LogP contribution in [0.3, 0.4) is 0 Å². The van der Waals surface area contributed by atoms with E-state index in [2.05, 4.69) is 97.1 Å². The molecule has 58 heavy (non-hydrogen) atoms. The van der Waals surface area contributed by atoms with Gasteiger partial charge < -0.3 is 9.47 Å². The molecule has 8 aromatic rings. The van der Waals surface area contributed by atoms with Crippen molar-refractivity contribution < 1.29 is 19.1 Å². The first-order chi connectivity index (χ1) is 28.6. The molecule has 0 aliphatic heterocycles. The average molecular weight is 751 g/mol. The van der Waals surface area contributed by atoms with E-state index in [-0.39, 0.29) is 0 Å². The summed E-state index contributed by atoms with van der Waals surface area (Å²) in [5.74, 6) is 0.0895. The van der Waals surface area contributed by atoms with E-state index in [9.17, 15) is 9.59 Å². The maximum absolute atomic E-state index is 12.5. The fraction of sp³-hybridized carbons (Fsp3) is 0. The summed E-state index contributed by atoms with van der Waals surface area (Å²) >= 11 is 0. The van der Waals surface area contributed by atoms with Gasteiger partial charge in [-0.1, -0.05) is 182 Å². The Labute approximate surface area is 338 Å². The number of carbonyl (C=O) groups excluding carboxylic acids is 2. The second-order valence-corrected chi connectivity index (χ2v) is 13.6. The molecule has 0 fully saturated rings. The Morgan fingerprint density at radius 1 is 0.328 bits per heavy atom. The van der Waals surface area contributed by atoms with Crippen LogP contribution in [-0.4, -0.2) is 11.9 Å². The second-order valence-electron chi connectivity index (χ2n) is 13.6. The van der Waals surface area contributed by atoms with Crippen molar-refractivity contribution in [2.45, 2.75) is 0 Å². The van der Waals surface area contributed by atoms with Gasteiger partial charge in [-0.3, -0.25) is 0 Å². The predicted molar refractivity (Wildman–Crippen MR) is 240 cm³/mol. The Bertz CT molecular complexity index is 2630. The van der Waals surface area contributed by atoms with Gasteiger partial charge in [0.05, 0.1) is 0 Å². The largest absolute Gasteiger partial charge is 0.423 e. The summed E-state index contributed by atoms with van der Waals surface area (Å²) in [5, 5.41) is 4.59. The van der Waals surface area contributed by atoms with Crippen molar-refractivity contribution in [3.63, 3.8) is 0 Å². The van der Waals surface area contributed by atoms with E-state index >= 15 is 0 Å². The average Bonchev–Trinajstić information content (AvgIpc) is 3.27. The molecule has 278 valence electrons. The first kappa shape index (κ1) is 37.1. The Balaban J connectivity index is 1.07. The van der Waals surface area contributed by atoms with E-state index in [1.54, 1.807) is 12.2 Å². The number of rotatable bonds is 11. The fourth-order valence-corrected chi connectivity index (χ4v) is 6.84. The summed E-state index contributed by atoms with van der Waals surface area (Å²) in [5.41, 5.74) is 8.20. The van der Waals surface area contributed by atoms with Gasteiger partial charge in [-0.05, 0) is 102 Å². The molecule has 4 nitrogen and oxygen atoms in total. The summed E-state index contributed by atoms with van der Waals surface area (Å²) in [6, 6.07) is 59.9. The van der Waals surface area contributed by atoms with Crippen LogP contribution in [0.15, 0.2) is 194 Å². The lowest BCUT2D eigenvalue weighted by molar-refractivity contribution is -0.129. The molecule has 0 amide bonds. The molecule has 0 atom stereocenters. The van der Waals surface area contributed by atoms with Gasteiger partial charge in [0.1, 0.15) is 11.5 Å². The smallest absolute Gasteiger partial charge is 0.336 e. The molecule has 0 heterocycles. The van der Waals surface area contributed by atoms with Crippen molar-refractivity contribution in [3.05, 3.63) is 228 Å². The van der Waals surface area contributed by atoms with Crippen LogP contribution in [-0.2, 0) is 9.59 Å². The van der Waals surface area contributed by atoms with Crippen LogP contribution in [0, 0.1) is 0 Å². The third kappa shape index (κ3) is 9.16. The molecular formula is C54H38O4. The molecule has 0 unspecified atom stereocenters. The molecule has 0 N–H and O–H groups in total. The van der Waals surface area contributed by atoms with E-state index < -0.39 is 11.9 Å². The standard InChI is InChI=1S/C54H38O4/c55-51(37-25-39-11-3-1-4-12-39)57-47-33-21-41(22-34-47)19-27-45-31-29-43-15-7-9-17-49(43)53(45)54-46(32-30-44-16-8-10-18-50(44)54)28-20-42-23-35-48(36-24-42)58-52(56)38-26-40-13-5-2-6-14-40/h1-38H/b27-19+,28-20+,37-25+,38-26+. The highest BCUT2D eigenvalue weighted by Gasteiger charge is 2.15. The quantitative estimate of drug-likeness (QED) is 0.0572. The minimum absolute atomic E-state index is 0.432. The van der Waals surface area contributed by atoms with Crippen molar-refractivity contribution in [2.24, 2.45) is 0 Å². The van der Waals surface area contributed by atoms with Gasteiger partial charge in [0.25, 0.3) is 0 Å². The topological polar surface area (TPSA) is 52.6 Å². The maximum atomic E-state index is 12.5. The van der Waals surface area contributed by atoms with Crippen LogP contribution in [0.5, 0.6) is 11.5 Å². The molecule has 0 spiro atoms. The van der Waals surface area contributed by atoms with Gasteiger partial charge in [0.15, 0.2) is 0 Å². The van der Waals surface area contributed by atoms with Gasteiger partial charge >= 0.3 is 11.9 Å². The second kappa shape index (κ2) is 17.8. The lowest BCUT2D eigenvalue weighted by atomic mass is 9.86. The third-order valence-corrected chi connectivity index (χ3v) is 9.70. The molecule has 0 saturated heterocycles. The molecule has 0 saturated carbocycles. The lowest BCUT2D eigenvalue weighted by Crippen LogP contribution is -2.03. The number of fused-ring (bicyclic) bond motifs is 2. The summed E-state index contributed by atoms with van der Waals surface area (Å²) < 4.78 is 11.1. The van der Waals surface area contributed by atoms with E-state index in [0.29, 0.717) is 11.5 Å². The predicted octanol–water partition coefficient (Wildman–Crippen LogP) is 13.2. The number of ether oxygens (including phenoxy) is 2. The van der Waals surface area contributed by atoms with E-state index in [0.717, 1.165) is 66.1 Å². The Morgan fingerprint density at radius 3 is 1.10 bits per heavy atom. The van der Waals surface area contributed by atoms with Crippen molar-refractivity contribution in [2.75, 3.05) is 0 Å².